The van der Waals surface area contributed by atoms with Crippen LogP contribution in [0.1, 0.15) is 55.1 Å². The van der Waals surface area contributed by atoms with Crippen LogP contribution in [0.5, 0.6) is 5.75 Å². The zero-order valence-corrected chi connectivity index (χ0v) is 18.0. The zero-order chi connectivity index (χ0) is 23.3. The molecule has 0 radical (unpaired) electrons. The van der Waals surface area contributed by atoms with Crippen molar-refractivity contribution in [2.45, 2.75) is 44.5 Å². The normalized spacial score (nSPS) is 18.2. The number of aliphatic hydroxyl groups excluding tert-OH is 1. The molecule has 2 atom stereocenters. The van der Waals surface area contributed by atoms with Crippen molar-refractivity contribution in [2.75, 3.05) is 0 Å². The summed E-state index contributed by atoms with van der Waals surface area (Å²) < 4.78 is 32.6. The first-order chi connectivity index (χ1) is 15.7. The van der Waals surface area contributed by atoms with Gasteiger partial charge in [-0.25, -0.2) is 15.0 Å². The maximum Gasteiger partial charge on any atom is 0.387 e. The Bertz CT molecular complexity index is 1320. The molecule has 0 spiro atoms. The molecule has 0 amide bonds. The van der Waals surface area contributed by atoms with Crippen LogP contribution in [0.15, 0.2) is 55.0 Å². The molecule has 3 aromatic heterocycles. The van der Waals surface area contributed by atoms with Crippen molar-refractivity contribution < 1.29 is 23.7 Å². The molecule has 0 aliphatic heterocycles. The number of nitrogens with zero attached hydrogens (tertiary/aromatic N) is 4. The van der Waals surface area contributed by atoms with Gasteiger partial charge in [0, 0.05) is 41.2 Å². The number of halogens is 2. The summed E-state index contributed by atoms with van der Waals surface area (Å²) in [6, 6.07) is 10.3. The fraction of sp³-hybridized carbons (Fsp3) is 0.292. The average Bonchev–Trinajstić information content (AvgIpc) is 3.30. The third kappa shape index (κ3) is 3.83. The van der Waals surface area contributed by atoms with E-state index in [1.54, 1.807) is 44.4 Å². The Morgan fingerprint density at radius 2 is 1.82 bits per heavy atom. The molecule has 0 fully saturated rings. The standard InChI is InChI=1S/C24H22F2N4O3/c1-24(2,32)22-27-10-14(11-28-22)13-7-8-19-29-20-17(31)9-16(21(20)30(19)12-13)15-5-3-4-6-18(15)33-23(25)26/h3-8,10-12,16-17,23,31-32H,9H2,1-2H3. The first-order valence-corrected chi connectivity index (χ1v) is 10.5. The number of hydrogen-bond acceptors (Lipinski definition) is 6. The molecule has 7 nitrogen and oxygen atoms in total. The van der Waals surface area contributed by atoms with Crippen LogP contribution in [-0.2, 0) is 5.60 Å². The Hall–Kier alpha value is -3.43. The molecular weight excluding hydrogens is 430 g/mol. The van der Waals surface area contributed by atoms with E-state index in [0.717, 1.165) is 16.8 Å². The Balaban J connectivity index is 1.60. The minimum Gasteiger partial charge on any atom is -0.435 e. The molecule has 2 N–H and O–H groups in total. The van der Waals surface area contributed by atoms with Crippen LogP contribution < -0.4 is 4.74 Å². The quantitative estimate of drug-likeness (QED) is 0.472. The lowest BCUT2D eigenvalue weighted by Crippen LogP contribution is -2.19. The highest BCUT2D eigenvalue weighted by atomic mass is 19.3. The molecule has 5 rings (SSSR count). The molecule has 4 aromatic rings. The maximum atomic E-state index is 13.0. The molecule has 1 aromatic carbocycles. The van der Waals surface area contributed by atoms with Gasteiger partial charge in [0.1, 0.15) is 17.0 Å². The summed E-state index contributed by atoms with van der Waals surface area (Å²) in [6.07, 6.45) is 4.64. The average molecular weight is 452 g/mol. The second kappa shape index (κ2) is 7.86. The molecule has 33 heavy (non-hydrogen) atoms. The number of aliphatic hydroxyl groups is 2. The molecule has 3 heterocycles. The van der Waals surface area contributed by atoms with Gasteiger partial charge in [-0.3, -0.25) is 0 Å². The number of imidazole rings is 1. The number of rotatable bonds is 5. The topological polar surface area (TPSA) is 92.8 Å². The van der Waals surface area contributed by atoms with Crippen LogP contribution in [-0.4, -0.2) is 36.2 Å². The third-order valence-corrected chi connectivity index (χ3v) is 5.83. The summed E-state index contributed by atoms with van der Waals surface area (Å²) in [6.45, 7) is 0.283. The lowest BCUT2D eigenvalue weighted by atomic mass is 9.95. The number of aromatic nitrogens is 4. The first-order valence-electron chi connectivity index (χ1n) is 10.5. The van der Waals surface area contributed by atoms with Gasteiger partial charge >= 0.3 is 6.61 Å². The summed E-state index contributed by atoms with van der Waals surface area (Å²) in [4.78, 5) is 13.1. The number of fused-ring (bicyclic) bond motifs is 3. The minimum absolute atomic E-state index is 0.0826. The van der Waals surface area contributed by atoms with Crippen molar-refractivity contribution in [3.63, 3.8) is 0 Å². The molecule has 0 saturated heterocycles. The predicted molar refractivity (Wildman–Crippen MR) is 116 cm³/mol. The largest absolute Gasteiger partial charge is 0.435 e. The Morgan fingerprint density at radius 3 is 2.52 bits per heavy atom. The highest BCUT2D eigenvalue weighted by Crippen LogP contribution is 2.47. The summed E-state index contributed by atoms with van der Waals surface area (Å²) in [5.74, 6) is 0.0259. The fourth-order valence-electron chi connectivity index (χ4n) is 4.33. The van der Waals surface area contributed by atoms with E-state index in [4.69, 9.17) is 4.74 Å². The second-order valence-corrected chi connectivity index (χ2v) is 8.60. The number of hydrogen-bond donors (Lipinski definition) is 2. The van der Waals surface area contributed by atoms with Gasteiger partial charge in [-0.1, -0.05) is 18.2 Å². The van der Waals surface area contributed by atoms with Gasteiger partial charge in [-0.05, 0) is 38.5 Å². The number of para-hydroxylation sites is 1. The van der Waals surface area contributed by atoms with Crippen molar-refractivity contribution in [2.24, 2.45) is 0 Å². The van der Waals surface area contributed by atoms with Crippen molar-refractivity contribution in [1.82, 2.24) is 19.4 Å². The van der Waals surface area contributed by atoms with E-state index in [1.165, 1.54) is 6.07 Å². The van der Waals surface area contributed by atoms with Crippen LogP contribution in [0.4, 0.5) is 8.78 Å². The fourth-order valence-corrected chi connectivity index (χ4v) is 4.33. The molecule has 0 bridgehead atoms. The molecule has 170 valence electrons. The van der Waals surface area contributed by atoms with E-state index in [2.05, 4.69) is 15.0 Å². The SMILES string of the molecule is CC(C)(O)c1ncc(-c2ccc3nc4c(n3c2)C(c2ccccc2OC(F)F)CC4O)cn1. The highest BCUT2D eigenvalue weighted by molar-refractivity contribution is 5.64. The summed E-state index contributed by atoms with van der Waals surface area (Å²) >= 11 is 0. The molecule has 1 aliphatic rings. The van der Waals surface area contributed by atoms with Crippen molar-refractivity contribution in [3.05, 3.63) is 77.8 Å². The van der Waals surface area contributed by atoms with Gasteiger partial charge in [0.25, 0.3) is 0 Å². The highest BCUT2D eigenvalue weighted by Gasteiger charge is 2.37. The van der Waals surface area contributed by atoms with Crippen molar-refractivity contribution >= 4 is 5.65 Å². The predicted octanol–water partition coefficient (Wildman–Crippen LogP) is 4.19. The number of ether oxygens (including phenoxy) is 1. The van der Waals surface area contributed by atoms with E-state index < -0.39 is 18.3 Å². The van der Waals surface area contributed by atoms with E-state index in [-0.39, 0.29) is 11.7 Å². The molecular formula is C24H22F2N4O3. The van der Waals surface area contributed by atoms with Gasteiger partial charge in [0.15, 0.2) is 5.82 Å². The lowest BCUT2D eigenvalue weighted by Gasteiger charge is -2.17. The summed E-state index contributed by atoms with van der Waals surface area (Å²) in [5.41, 5.74) is 2.86. The number of alkyl halides is 2. The van der Waals surface area contributed by atoms with Crippen molar-refractivity contribution in [1.29, 1.82) is 0 Å². The number of pyridine rings is 1. The van der Waals surface area contributed by atoms with Gasteiger partial charge in [0.05, 0.1) is 17.5 Å². The second-order valence-electron chi connectivity index (χ2n) is 8.60. The van der Waals surface area contributed by atoms with E-state index in [9.17, 15) is 19.0 Å². The monoisotopic (exact) mass is 452 g/mol. The summed E-state index contributed by atoms with van der Waals surface area (Å²) in [7, 11) is 0. The first kappa shape index (κ1) is 21.4. The summed E-state index contributed by atoms with van der Waals surface area (Å²) in [5, 5.41) is 20.8. The Labute approximate surface area is 188 Å². The number of benzene rings is 1. The van der Waals surface area contributed by atoms with Crippen LogP contribution in [0.25, 0.3) is 16.8 Å². The van der Waals surface area contributed by atoms with Crippen LogP contribution >= 0.6 is 0 Å². The Kier molecular flexibility index (Phi) is 5.10. The van der Waals surface area contributed by atoms with Crippen LogP contribution in [0.2, 0.25) is 0 Å². The van der Waals surface area contributed by atoms with Crippen LogP contribution in [0.3, 0.4) is 0 Å². The van der Waals surface area contributed by atoms with Crippen molar-refractivity contribution in [3.8, 4) is 16.9 Å². The van der Waals surface area contributed by atoms with E-state index in [1.807, 2.05) is 22.7 Å². The maximum absolute atomic E-state index is 13.0. The zero-order valence-electron chi connectivity index (χ0n) is 18.0. The molecule has 2 unspecified atom stereocenters. The Morgan fingerprint density at radius 1 is 1.09 bits per heavy atom. The minimum atomic E-state index is -2.95. The lowest BCUT2D eigenvalue weighted by molar-refractivity contribution is -0.0506. The molecule has 0 saturated carbocycles. The van der Waals surface area contributed by atoms with Gasteiger partial charge in [0.2, 0.25) is 0 Å². The van der Waals surface area contributed by atoms with E-state index >= 15 is 0 Å². The molecule has 1 aliphatic carbocycles. The molecule has 9 heteroatoms. The van der Waals surface area contributed by atoms with E-state index in [0.29, 0.717) is 29.1 Å². The smallest absolute Gasteiger partial charge is 0.387 e. The van der Waals surface area contributed by atoms with Crippen LogP contribution in [0, 0.1) is 0 Å². The van der Waals surface area contributed by atoms with Gasteiger partial charge < -0.3 is 19.4 Å². The van der Waals surface area contributed by atoms with Gasteiger partial charge in [-0.2, -0.15) is 8.78 Å². The van der Waals surface area contributed by atoms with Gasteiger partial charge in [-0.15, -0.1) is 0 Å². The third-order valence-electron chi connectivity index (χ3n) is 5.83.